The molecule has 0 fully saturated rings. The van der Waals surface area contributed by atoms with E-state index in [-0.39, 0.29) is 16.7 Å². The van der Waals surface area contributed by atoms with Gasteiger partial charge in [-0.05, 0) is 0 Å². The van der Waals surface area contributed by atoms with Crippen molar-refractivity contribution in [1.29, 1.82) is 0 Å². The number of alkyl halides is 1. The van der Waals surface area contributed by atoms with Crippen molar-refractivity contribution < 1.29 is 4.79 Å². The Hall–Kier alpha value is -1.03. The van der Waals surface area contributed by atoms with E-state index in [1.165, 1.54) is 0 Å². The van der Waals surface area contributed by atoms with Crippen LogP contribution in [0.3, 0.4) is 0 Å². The van der Waals surface area contributed by atoms with E-state index in [0.717, 1.165) is 0 Å². The summed E-state index contributed by atoms with van der Waals surface area (Å²) in [4.78, 5) is 11.9. The number of carbonyl (C=O) groups excluding carboxylic acids is 1. The predicted molar refractivity (Wildman–Crippen MR) is 57.0 cm³/mol. The lowest BCUT2D eigenvalue weighted by Gasteiger charge is -2.08. The highest BCUT2D eigenvalue weighted by molar-refractivity contribution is 9.09. The molecule has 0 N–H and O–H groups in total. The normalized spacial score (nSPS) is 25.2. The van der Waals surface area contributed by atoms with E-state index in [1.54, 1.807) is 12.1 Å². The van der Waals surface area contributed by atoms with Gasteiger partial charge < -0.3 is 0 Å². The Bertz CT molecular complexity index is 364. The van der Waals surface area contributed by atoms with Crippen LogP contribution in [0.15, 0.2) is 40.6 Å². The Morgan fingerprint density at radius 1 is 1.36 bits per heavy atom. The first kappa shape index (κ1) is 9.52. The summed E-state index contributed by atoms with van der Waals surface area (Å²) in [5.74, 6) is 0.0359. The van der Waals surface area contributed by atoms with Gasteiger partial charge in [0.25, 0.3) is 0 Å². The molecule has 2 atom stereocenters. The molecule has 1 aromatic rings. The Kier molecular flexibility index (Phi) is 2.72. The number of hydrogen-bond donors (Lipinski definition) is 0. The molecule has 0 aromatic heterocycles. The molecule has 14 heavy (non-hydrogen) atoms. The van der Waals surface area contributed by atoms with Gasteiger partial charge in [0, 0.05) is 5.56 Å². The van der Waals surface area contributed by atoms with Crippen LogP contribution in [0.4, 0.5) is 0 Å². The van der Waals surface area contributed by atoms with Crippen molar-refractivity contribution in [3.05, 3.63) is 35.9 Å². The third kappa shape index (κ3) is 1.75. The zero-order valence-electron chi connectivity index (χ0n) is 7.43. The summed E-state index contributed by atoms with van der Waals surface area (Å²) in [6.07, 6.45) is 0. The second-order valence-corrected chi connectivity index (χ2v) is 4.31. The second kappa shape index (κ2) is 4.00. The van der Waals surface area contributed by atoms with Crippen molar-refractivity contribution >= 4 is 21.7 Å². The molecule has 1 aliphatic rings. The van der Waals surface area contributed by atoms with Crippen LogP contribution in [-0.4, -0.2) is 23.2 Å². The average molecular weight is 253 g/mol. The van der Waals surface area contributed by atoms with Gasteiger partial charge in [-0.15, -0.1) is 0 Å². The number of rotatable bonds is 2. The van der Waals surface area contributed by atoms with Crippen LogP contribution in [0.2, 0.25) is 0 Å². The molecule has 0 saturated carbocycles. The second-order valence-electron chi connectivity index (χ2n) is 3.13. The van der Waals surface area contributed by atoms with Gasteiger partial charge in [-0.1, -0.05) is 46.3 Å². The molecule has 0 spiro atoms. The van der Waals surface area contributed by atoms with Crippen LogP contribution in [0.1, 0.15) is 10.4 Å². The fourth-order valence-corrected chi connectivity index (χ4v) is 1.85. The number of benzene rings is 1. The molecule has 0 saturated heterocycles. The predicted octanol–water partition coefficient (Wildman–Crippen LogP) is 2.47. The molecule has 0 aliphatic carbocycles. The van der Waals surface area contributed by atoms with Crippen molar-refractivity contribution in [2.75, 3.05) is 6.54 Å². The monoisotopic (exact) mass is 252 g/mol. The molecule has 0 radical (unpaired) electrons. The fourth-order valence-electron chi connectivity index (χ4n) is 1.38. The lowest BCUT2D eigenvalue weighted by atomic mass is 10.0. The van der Waals surface area contributed by atoms with Crippen molar-refractivity contribution in [3.63, 3.8) is 0 Å². The van der Waals surface area contributed by atoms with E-state index in [2.05, 4.69) is 26.2 Å². The van der Waals surface area contributed by atoms with Gasteiger partial charge in [0.05, 0.1) is 11.4 Å². The van der Waals surface area contributed by atoms with E-state index in [1.807, 2.05) is 18.2 Å². The first-order valence-electron chi connectivity index (χ1n) is 4.39. The first-order chi connectivity index (χ1) is 6.79. The SMILES string of the molecule is O=C(c1ccccc1)[C@@H]1N=NC[C@@H]1Br. The molecule has 2 rings (SSSR count). The number of carbonyl (C=O) groups is 1. The molecule has 72 valence electrons. The van der Waals surface area contributed by atoms with Gasteiger partial charge in [-0.2, -0.15) is 10.2 Å². The maximum absolute atomic E-state index is 11.9. The third-order valence-corrected chi connectivity index (χ3v) is 2.92. The molecule has 0 unspecified atom stereocenters. The van der Waals surface area contributed by atoms with E-state index in [0.29, 0.717) is 12.1 Å². The highest BCUT2D eigenvalue weighted by Crippen LogP contribution is 2.20. The van der Waals surface area contributed by atoms with Crippen molar-refractivity contribution in [1.82, 2.24) is 0 Å². The number of ketones is 1. The summed E-state index contributed by atoms with van der Waals surface area (Å²) in [5, 5.41) is 7.77. The van der Waals surface area contributed by atoms with Gasteiger partial charge >= 0.3 is 0 Å². The lowest BCUT2D eigenvalue weighted by Crippen LogP contribution is -2.26. The maximum atomic E-state index is 11.9. The quantitative estimate of drug-likeness (QED) is 0.589. The number of nitrogens with zero attached hydrogens (tertiary/aromatic N) is 2. The number of azo groups is 1. The molecular weight excluding hydrogens is 244 g/mol. The topological polar surface area (TPSA) is 41.8 Å². The standard InChI is InChI=1S/C10H9BrN2O/c11-8-6-12-13-9(8)10(14)7-4-2-1-3-5-7/h1-5,8-9H,6H2/t8-,9+/m0/s1. The van der Waals surface area contributed by atoms with Crippen LogP contribution in [0.25, 0.3) is 0 Å². The van der Waals surface area contributed by atoms with Crippen molar-refractivity contribution in [2.24, 2.45) is 10.2 Å². The van der Waals surface area contributed by atoms with Gasteiger partial charge in [-0.25, -0.2) is 0 Å². The number of Topliss-reactive ketones (excluding diaryl/α,β-unsaturated/α-hetero) is 1. The summed E-state index contributed by atoms with van der Waals surface area (Å²) < 4.78 is 0. The minimum Gasteiger partial charge on any atom is -0.292 e. The lowest BCUT2D eigenvalue weighted by molar-refractivity contribution is 0.0965. The van der Waals surface area contributed by atoms with Crippen molar-refractivity contribution in [2.45, 2.75) is 10.9 Å². The largest absolute Gasteiger partial charge is 0.292 e. The highest BCUT2D eigenvalue weighted by Gasteiger charge is 2.30. The first-order valence-corrected chi connectivity index (χ1v) is 5.30. The molecule has 0 amide bonds. The minimum atomic E-state index is -0.350. The van der Waals surface area contributed by atoms with E-state index in [4.69, 9.17) is 0 Å². The summed E-state index contributed by atoms with van der Waals surface area (Å²) in [7, 11) is 0. The summed E-state index contributed by atoms with van der Waals surface area (Å²) in [6, 6.07) is 8.84. The molecule has 1 aliphatic heterocycles. The van der Waals surface area contributed by atoms with Crippen LogP contribution in [0.5, 0.6) is 0 Å². The van der Waals surface area contributed by atoms with E-state index >= 15 is 0 Å². The molecule has 4 heteroatoms. The Labute approximate surface area is 90.4 Å². The van der Waals surface area contributed by atoms with Gasteiger partial charge in [0.1, 0.15) is 6.04 Å². The van der Waals surface area contributed by atoms with E-state index in [9.17, 15) is 4.79 Å². The highest BCUT2D eigenvalue weighted by atomic mass is 79.9. The molecule has 3 nitrogen and oxygen atoms in total. The summed E-state index contributed by atoms with van der Waals surface area (Å²) >= 11 is 3.39. The van der Waals surface area contributed by atoms with Gasteiger partial charge in [0.2, 0.25) is 0 Å². The van der Waals surface area contributed by atoms with Crippen LogP contribution in [-0.2, 0) is 0 Å². The number of hydrogen-bond acceptors (Lipinski definition) is 3. The molecule has 0 bridgehead atoms. The average Bonchev–Trinajstić information content (AvgIpc) is 2.65. The maximum Gasteiger partial charge on any atom is 0.190 e. The van der Waals surface area contributed by atoms with Gasteiger partial charge in [0.15, 0.2) is 5.78 Å². The number of halogens is 1. The zero-order valence-corrected chi connectivity index (χ0v) is 9.02. The van der Waals surface area contributed by atoms with Crippen LogP contribution < -0.4 is 0 Å². The fraction of sp³-hybridized carbons (Fsp3) is 0.300. The zero-order chi connectivity index (χ0) is 9.97. The van der Waals surface area contributed by atoms with Crippen LogP contribution in [0, 0.1) is 0 Å². The van der Waals surface area contributed by atoms with Crippen molar-refractivity contribution in [3.8, 4) is 0 Å². The summed E-state index contributed by atoms with van der Waals surface area (Å²) in [6.45, 7) is 0.587. The van der Waals surface area contributed by atoms with Crippen LogP contribution >= 0.6 is 15.9 Å². The Morgan fingerprint density at radius 2 is 2.07 bits per heavy atom. The van der Waals surface area contributed by atoms with Gasteiger partial charge in [-0.3, -0.25) is 4.79 Å². The molecular formula is C10H9BrN2O. The molecule has 1 heterocycles. The Morgan fingerprint density at radius 3 is 2.64 bits per heavy atom. The molecule has 1 aromatic carbocycles. The Balaban J connectivity index is 2.20. The smallest absolute Gasteiger partial charge is 0.190 e. The minimum absolute atomic E-state index is 0.0359. The summed E-state index contributed by atoms with van der Waals surface area (Å²) in [5.41, 5.74) is 0.697. The van der Waals surface area contributed by atoms with E-state index < -0.39 is 0 Å². The third-order valence-electron chi connectivity index (χ3n) is 2.13.